The molecule has 248 valence electrons. The van der Waals surface area contributed by atoms with Crippen LogP contribution in [-0.4, -0.2) is 107 Å². The summed E-state index contributed by atoms with van der Waals surface area (Å²) in [6.45, 7) is 1.68. The molecule has 8 amide bonds. The number of amides is 8. The van der Waals surface area contributed by atoms with Crippen LogP contribution >= 0.6 is 0 Å². The standard InChI is InChI=1S/C24H41N9O11/c1-3-10(2)19(33-18(38)8-29-20(39)11(25)4-5-15(26)35)23(42)32-14(9-34)22(41)30-12(6-16(27)36)21(40)31-13(24(43)44)7-17(28)37/h10-14,19,34H,3-9,25H2,1-2H3,(H2,26,35)(H2,27,36)(H2,28,37)(H,29,39)(H,30,41)(H,31,40)(H,32,42)(H,33,38)(H,43,44)/t10-,11-,12-,13-,14-,19-/m0/s1. The lowest BCUT2D eigenvalue weighted by Crippen LogP contribution is -2.60. The molecule has 0 saturated carbocycles. The van der Waals surface area contributed by atoms with Gasteiger partial charge in [0.15, 0.2) is 0 Å². The minimum atomic E-state index is -1.80. The van der Waals surface area contributed by atoms with Gasteiger partial charge in [-0.05, 0) is 12.3 Å². The lowest BCUT2D eigenvalue weighted by atomic mass is 9.98. The van der Waals surface area contributed by atoms with Crippen molar-refractivity contribution in [3.05, 3.63) is 0 Å². The van der Waals surface area contributed by atoms with Crippen molar-refractivity contribution in [1.29, 1.82) is 0 Å². The first-order valence-electron chi connectivity index (χ1n) is 13.4. The van der Waals surface area contributed by atoms with Gasteiger partial charge < -0.3 is 59.7 Å². The number of aliphatic hydroxyl groups excluding tert-OH is 1. The van der Waals surface area contributed by atoms with Gasteiger partial charge in [0.1, 0.15) is 24.2 Å². The summed E-state index contributed by atoms with van der Waals surface area (Å²) < 4.78 is 0. The maximum absolute atomic E-state index is 13.0. The molecule has 20 nitrogen and oxygen atoms in total. The van der Waals surface area contributed by atoms with Crippen molar-refractivity contribution in [2.45, 2.75) is 76.2 Å². The molecule has 0 aromatic rings. The van der Waals surface area contributed by atoms with E-state index in [9.17, 15) is 53.4 Å². The molecular formula is C24H41N9O11. The number of aliphatic carboxylic acids is 1. The van der Waals surface area contributed by atoms with Crippen molar-refractivity contribution in [2.75, 3.05) is 13.2 Å². The topological polar surface area (TPSA) is 358 Å². The highest BCUT2D eigenvalue weighted by atomic mass is 16.4. The number of hydrogen-bond acceptors (Lipinski definition) is 11. The lowest BCUT2D eigenvalue weighted by molar-refractivity contribution is -0.144. The summed E-state index contributed by atoms with van der Waals surface area (Å²) in [6, 6.07) is -7.69. The van der Waals surface area contributed by atoms with Crippen LogP contribution in [-0.2, 0) is 43.2 Å². The summed E-state index contributed by atoms with van der Waals surface area (Å²) in [5.74, 6) is -9.88. The Morgan fingerprint density at radius 1 is 0.705 bits per heavy atom. The fourth-order valence-corrected chi connectivity index (χ4v) is 3.47. The minimum Gasteiger partial charge on any atom is -0.480 e. The van der Waals surface area contributed by atoms with Gasteiger partial charge in [0.2, 0.25) is 47.3 Å². The van der Waals surface area contributed by atoms with Crippen molar-refractivity contribution < 1.29 is 53.4 Å². The van der Waals surface area contributed by atoms with Crippen LogP contribution < -0.4 is 49.5 Å². The van der Waals surface area contributed by atoms with Crippen LogP contribution in [0.15, 0.2) is 0 Å². The van der Waals surface area contributed by atoms with E-state index in [1.807, 2.05) is 5.32 Å². The van der Waals surface area contributed by atoms with Gasteiger partial charge >= 0.3 is 5.97 Å². The van der Waals surface area contributed by atoms with Crippen molar-refractivity contribution >= 4 is 53.2 Å². The van der Waals surface area contributed by atoms with Crippen LogP contribution in [0.25, 0.3) is 0 Å². The first-order chi connectivity index (χ1) is 20.4. The second-order valence-electron chi connectivity index (χ2n) is 9.81. The van der Waals surface area contributed by atoms with Crippen LogP contribution in [0.1, 0.15) is 46.0 Å². The number of nitrogens with one attached hydrogen (secondary N) is 5. The van der Waals surface area contributed by atoms with Gasteiger partial charge in [0, 0.05) is 6.42 Å². The number of carboxylic acid groups (broad SMARTS) is 1. The van der Waals surface area contributed by atoms with Crippen LogP contribution in [0.2, 0.25) is 0 Å². The molecule has 0 aromatic carbocycles. The third kappa shape index (κ3) is 14.9. The summed E-state index contributed by atoms with van der Waals surface area (Å²) in [5, 5.41) is 29.8. The molecule has 0 radical (unpaired) electrons. The van der Waals surface area contributed by atoms with E-state index in [-0.39, 0.29) is 12.8 Å². The third-order valence-corrected chi connectivity index (χ3v) is 6.15. The Bertz CT molecular complexity index is 1100. The molecule has 0 fully saturated rings. The summed E-state index contributed by atoms with van der Waals surface area (Å²) >= 11 is 0. The summed E-state index contributed by atoms with van der Waals surface area (Å²) in [5.41, 5.74) is 20.7. The minimum absolute atomic E-state index is 0.0548. The molecular weight excluding hydrogens is 590 g/mol. The molecule has 44 heavy (non-hydrogen) atoms. The smallest absolute Gasteiger partial charge is 0.326 e. The number of carboxylic acids is 1. The lowest BCUT2D eigenvalue weighted by Gasteiger charge is -2.27. The van der Waals surface area contributed by atoms with Gasteiger partial charge in [-0.3, -0.25) is 38.4 Å². The van der Waals surface area contributed by atoms with Crippen molar-refractivity contribution in [3.8, 4) is 0 Å². The Morgan fingerprint density at radius 3 is 1.68 bits per heavy atom. The number of nitrogens with two attached hydrogens (primary N) is 4. The average Bonchev–Trinajstić information content (AvgIpc) is 2.93. The fraction of sp³-hybridized carbons (Fsp3) is 0.625. The number of hydrogen-bond donors (Lipinski definition) is 11. The maximum Gasteiger partial charge on any atom is 0.326 e. The second-order valence-corrected chi connectivity index (χ2v) is 9.81. The molecule has 0 bridgehead atoms. The Labute approximate surface area is 251 Å². The van der Waals surface area contributed by atoms with Crippen LogP contribution in [0, 0.1) is 5.92 Å². The second kappa shape index (κ2) is 19.4. The Hall–Kier alpha value is -4.85. The molecule has 0 aromatic heterocycles. The largest absolute Gasteiger partial charge is 0.480 e. The molecule has 0 saturated heterocycles. The van der Waals surface area contributed by atoms with E-state index in [0.717, 1.165) is 0 Å². The van der Waals surface area contributed by atoms with Crippen LogP contribution in [0.3, 0.4) is 0 Å². The predicted octanol–water partition coefficient (Wildman–Crippen LogP) is -6.49. The number of primary amides is 3. The molecule has 0 aliphatic rings. The van der Waals surface area contributed by atoms with E-state index in [1.54, 1.807) is 13.8 Å². The van der Waals surface area contributed by atoms with Crippen LogP contribution in [0.5, 0.6) is 0 Å². The van der Waals surface area contributed by atoms with E-state index in [4.69, 9.17) is 22.9 Å². The van der Waals surface area contributed by atoms with Gasteiger partial charge in [-0.1, -0.05) is 20.3 Å². The van der Waals surface area contributed by atoms with Gasteiger partial charge in [0.05, 0.1) is 32.0 Å². The highest BCUT2D eigenvalue weighted by Crippen LogP contribution is 2.09. The third-order valence-electron chi connectivity index (χ3n) is 6.15. The normalized spacial score (nSPS) is 14.7. The monoisotopic (exact) mass is 631 g/mol. The molecule has 20 heteroatoms. The van der Waals surface area contributed by atoms with Crippen molar-refractivity contribution in [1.82, 2.24) is 26.6 Å². The van der Waals surface area contributed by atoms with Crippen molar-refractivity contribution in [3.63, 3.8) is 0 Å². The molecule has 15 N–H and O–H groups in total. The molecule has 0 spiro atoms. The Balaban J connectivity index is 5.53. The Morgan fingerprint density at radius 2 is 1.20 bits per heavy atom. The molecule has 0 aliphatic heterocycles. The zero-order chi connectivity index (χ0) is 34.1. The Kier molecular flexibility index (Phi) is 17.2. The van der Waals surface area contributed by atoms with Crippen LogP contribution in [0.4, 0.5) is 0 Å². The van der Waals surface area contributed by atoms with Gasteiger partial charge in [0.25, 0.3) is 0 Å². The van der Waals surface area contributed by atoms with Gasteiger partial charge in [-0.15, -0.1) is 0 Å². The zero-order valence-electron chi connectivity index (χ0n) is 24.3. The zero-order valence-corrected chi connectivity index (χ0v) is 24.3. The van der Waals surface area contributed by atoms with Crippen molar-refractivity contribution in [2.24, 2.45) is 28.9 Å². The summed E-state index contributed by atoms with van der Waals surface area (Å²) in [4.78, 5) is 108. The van der Waals surface area contributed by atoms with Gasteiger partial charge in [-0.2, -0.15) is 0 Å². The van der Waals surface area contributed by atoms with E-state index in [0.29, 0.717) is 6.42 Å². The van der Waals surface area contributed by atoms with E-state index in [2.05, 4.69) is 21.3 Å². The number of rotatable bonds is 21. The fourth-order valence-electron chi connectivity index (χ4n) is 3.47. The first-order valence-corrected chi connectivity index (χ1v) is 13.4. The summed E-state index contributed by atoms with van der Waals surface area (Å²) in [6.07, 6.45) is -1.47. The highest BCUT2D eigenvalue weighted by Gasteiger charge is 2.33. The van der Waals surface area contributed by atoms with E-state index >= 15 is 0 Å². The molecule has 0 rings (SSSR count). The number of carbonyl (C=O) groups is 9. The number of carbonyl (C=O) groups excluding carboxylic acids is 8. The molecule has 0 heterocycles. The SMILES string of the molecule is CC[C@H](C)[C@H](NC(=O)CNC(=O)[C@@H](N)CCC(N)=O)C(=O)N[C@@H](CO)C(=O)N[C@@H](CC(N)=O)C(=O)N[C@@H](CC(N)=O)C(=O)O. The maximum atomic E-state index is 13.0. The van der Waals surface area contributed by atoms with E-state index in [1.165, 1.54) is 0 Å². The summed E-state index contributed by atoms with van der Waals surface area (Å²) in [7, 11) is 0. The van der Waals surface area contributed by atoms with E-state index < -0.39 is 115 Å². The van der Waals surface area contributed by atoms with Gasteiger partial charge in [-0.25, -0.2) is 4.79 Å². The first kappa shape index (κ1) is 39.1. The quantitative estimate of drug-likeness (QED) is 0.0563. The molecule has 0 unspecified atom stereocenters. The average molecular weight is 632 g/mol. The molecule has 6 atom stereocenters. The predicted molar refractivity (Wildman–Crippen MR) is 149 cm³/mol. The highest BCUT2D eigenvalue weighted by molar-refractivity contribution is 5.97. The molecule has 0 aliphatic carbocycles. The number of aliphatic hydroxyl groups is 1.